The summed E-state index contributed by atoms with van der Waals surface area (Å²) < 4.78 is 11.2. The average Bonchev–Trinajstić information content (AvgIpc) is 4.03. The van der Waals surface area contributed by atoms with Crippen molar-refractivity contribution < 1.29 is 4.42 Å². The standard InChI is InChI=1S/C60H39N3O/c1-2-14-43(15-3-1)62-57-26-10-6-20-51(57)54-38-42(32-37-58(54)62)40-28-33-44(34-29-40)61(45-35-30-41(31-36-45)48-22-13-23-53-52-21-7-11-27-59(52)64-60(48)53)46-16-12-17-47(39-46)63-55-24-8-4-18-49(55)50-19-5-9-25-56(50)63/h1-39H. The molecule has 0 aliphatic rings. The predicted molar refractivity (Wildman–Crippen MR) is 268 cm³/mol. The summed E-state index contributed by atoms with van der Waals surface area (Å²) in [5.74, 6) is 0. The Labute approximate surface area is 369 Å². The summed E-state index contributed by atoms with van der Waals surface area (Å²) in [7, 11) is 0. The van der Waals surface area contributed by atoms with Gasteiger partial charge in [0.05, 0.1) is 22.1 Å². The second kappa shape index (κ2) is 14.5. The summed E-state index contributed by atoms with van der Waals surface area (Å²) in [4.78, 5) is 2.36. The van der Waals surface area contributed by atoms with Crippen molar-refractivity contribution in [3.63, 3.8) is 0 Å². The smallest absolute Gasteiger partial charge is 0.143 e. The largest absolute Gasteiger partial charge is 0.455 e. The van der Waals surface area contributed by atoms with E-state index in [1.54, 1.807) is 0 Å². The zero-order valence-electron chi connectivity index (χ0n) is 34.8. The summed E-state index contributed by atoms with van der Waals surface area (Å²) in [5, 5.41) is 7.23. The van der Waals surface area contributed by atoms with Crippen molar-refractivity contribution in [2.75, 3.05) is 4.90 Å². The van der Waals surface area contributed by atoms with Crippen molar-refractivity contribution in [2.24, 2.45) is 0 Å². The number of hydrogen-bond acceptors (Lipinski definition) is 2. The molecule has 13 rings (SSSR count). The SMILES string of the molecule is c1ccc(-n2c3ccccc3c3cc(-c4ccc(N(c5ccc(-c6cccc7c6oc6ccccc67)cc5)c5cccc(-n6c7ccccc7c7ccccc76)c5)cc4)ccc32)cc1. The highest BCUT2D eigenvalue weighted by Gasteiger charge is 2.19. The van der Waals surface area contributed by atoms with Crippen molar-refractivity contribution in [3.8, 4) is 33.6 Å². The van der Waals surface area contributed by atoms with E-state index in [0.29, 0.717) is 0 Å². The van der Waals surface area contributed by atoms with Crippen molar-refractivity contribution in [3.05, 3.63) is 237 Å². The molecule has 0 N–H and O–H groups in total. The highest BCUT2D eigenvalue weighted by Crippen LogP contribution is 2.42. The van der Waals surface area contributed by atoms with Gasteiger partial charge >= 0.3 is 0 Å². The molecule has 0 radical (unpaired) electrons. The van der Waals surface area contributed by atoms with Gasteiger partial charge in [0, 0.05) is 66.3 Å². The molecule has 4 heteroatoms. The Balaban J connectivity index is 0.935. The Morgan fingerprint density at radius 1 is 0.297 bits per heavy atom. The molecule has 64 heavy (non-hydrogen) atoms. The second-order valence-corrected chi connectivity index (χ2v) is 16.5. The third-order valence-electron chi connectivity index (χ3n) is 12.9. The van der Waals surface area contributed by atoms with Crippen LogP contribution < -0.4 is 4.90 Å². The fourth-order valence-corrected chi connectivity index (χ4v) is 9.99. The molecular formula is C60H39N3O. The van der Waals surface area contributed by atoms with E-state index in [9.17, 15) is 0 Å². The minimum Gasteiger partial charge on any atom is -0.455 e. The highest BCUT2D eigenvalue weighted by molar-refractivity contribution is 6.12. The molecule has 0 aliphatic carbocycles. The maximum absolute atomic E-state index is 6.46. The first-order valence-corrected chi connectivity index (χ1v) is 21.8. The summed E-state index contributed by atoms with van der Waals surface area (Å²) in [6.07, 6.45) is 0. The van der Waals surface area contributed by atoms with Gasteiger partial charge in [-0.15, -0.1) is 0 Å². The van der Waals surface area contributed by atoms with Gasteiger partial charge in [-0.3, -0.25) is 0 Å². The van der Waals surface area contributed by atoms with Crippen molar-refractivity contribution in [1.82, 2.24) is 9.13 Å². The number of rotatable bonds is 7. The number of para-hydroxylation sites is 6. The molecule has 0 spiro atoms. The topological polar surface area (TPSA) is 26.2 Å². The van der Waals surface area contributed by atoms with Crippen molar-refractivity contribution >= 4 is 82.6 Å². The first-order chi connectivity index (χ1) is 31.7. The lowest BCUT2D eigenvalue weighted by atomic mass is 10.0. The van der Waals surface area contributed by atoms with E-state index < -0.39 is 0 Å². The molecule has 3 aromatic heterocycles. The normalized spacial score (nSPS) is 11.8. The molecule has 0 unspecified atom stereocenters. The lowest BCUT2D eigenvalue weighted by Gasteiger charge is -2.26. The maximum atomic E-state index is 6.46. The van der Waals surface area contributed by atoms with E-state index in [1.165, 1.54) is 49.2 Å². The van der Waals surface area contributed by atoms with Crippen LogP contribution in [0.15, 0.2) is 241 Å². The number of fused-ring (bicyclic) bond motifs is 9. The Hall–Kier alpha value is -8.60. The molecule has 4 nitrogen and oxygen atoms in total. The average molecular weight is 818 g/mol. The molecule has 0 fully saturated rings. The van der Waals surface area contributed by atoms with Crippen LogP contribution in [0.4, 0.5) is 17.1 Å². The van der Waals surface area contributed by atoms with Crippen molar-refractivity contribution in [2.45, 2.75) is 0 Å². The van der Waals surface area contributed by atoms with Gasteiger partial charge in [0.15, 0.2) is 0 Å². The lowest BCUT2D eigenvalue weighted by molar-refractivity contribution is 0.670. The molecule has 0 atom stereocenters. The number of anilines is 3. The lowest BCUT2D eigenvalue weighted by Crippen LogP contribution is -2.10. The van der Waals surface area contributed by atoms with E-state index in [1.807, 2.05) is 12.1 Å². The van der Waals surface area contributed by atoms with Gasteiger partial charge in [-0.1, -0.05) is 146 Å². The minimum atomic E-state index is 0.901. The van der Waals surface area contributed by atoms with Gasteiger partial charge < -0.3 is 18.5 Å². The Kier molecular flexibility index (Phi) is 8.18. The first-order valence-electron chi connectivity index (χ1n) is 21.8. The molecular weight excluding hydrogens is 779 g/mol. The summed E-state index contributed by atoms with van der Waals surface area (Å²) in [6.45, 7) is 0. The summed E-state index contributed by atoms with van der Waals surface area (Å²) in [5.41, 5.74) is 16.6. The van der Waals surface area contributed by atoms with E-state index in [-0.39, 0.29) is 0 Å². The van der Waals surface area contributed by atoms with E-state index in [2.05, 4.69) is 238 Å². The molecule has 0 bridgehead atoms. The number of benzene rings is 10. The van der Waals surface area contributed by atoms with Crippen LogP contribution in [0.1, 0.15) is 0 Å². The molecule has 0 saturated heterocycles. The van der Waals surface area contributed by atoms with Gasteiger partial charge in [-0.25, -0.2) is 0 Å². The summed E-state index contributed by atoms with van der Waals surface area (Å²) >= 11 is 0. The molecule has 0 amide bonds. The maximum Gasteiger partial charge on any atom is 0.143 e. The Morgan fingerprint density at radius 2 is 0.797 bits per heavy atom. The Morgan fingerprint density at radius 3 is 1.48 bits per heavy atom. The fraction of sp³-hybridized carbons (Fsp3) is 0. The number of nitrogens with zero attached hydrogens (tertiary/aromatic N) is 3. The van der Waals surface area contributed by atoms with Gasteiger partial charge in [0.1, 0.15) is 11.2 Å². The van der Waals surface area contributed by atoms with Crippen LogP contribution in [-0.4, -0.2) is 9.13 Å². The zero-order chi connectivity index (χ0) is 42.1. The molecule has 3 heterocycles. The van der Waals surface area contributed by atoms with E-state index in [0.717, 1.165) is 67.1 Å². The second-order valence-electron chi connectivity index (χ2n) is 16.5. The number of hydrogen-bond donors (Lipinski definition) is 0. The highest BCUT2D eigenvalue weighted by atomic mass is 16.3. The van der Waals surface area contributed by atoms with Crippen LogP contribution >= 0.6 is 0 Å². The van der Waals surface area contributed by atoms with Gasteiger partial charge in [0.2, 0.25) is 0 Å². The first kappa shape index (κ1) is 36.1. The molecule has 10 aromatic carbocycles. The van der Waals surface area contributed by atoms with Crippen LogP contribution in [-0.2, 0) is 0 Å². The summed E-state index contributed by atoms with van der Waals surface area (Å²) in [6, 6.07) is 85.1. The van der Waals surface area contributed by atoms with Gasteiger partial charge in [-0.2, -0.15) is 0 Å². The number of furan rings is 1. The van der Waals surface area contributed by atoms with Crippen LogP contribution in [0.25, 0.3) is 99.2 Å². The monoisotopic (exact) mass is 817 g/mol. The molecule has 13 aromatic rings. The van der Waals surface area contributed by atoms with Crippen LogP contribution in [0.5, 0.6) is 0 Å². The molecule has 0 aliphatic heterocycles. The van der Waals surface area contributed by atoms with E-state index >= 15 is 0 Å². The predicted octanol–water partition coefficient (Wildman–Crippen LogP) is 16.6. The van der Waals surface area contributed by atoms with Crippen LogP contribution in [0.3, 0.4) is 0 Å². The molecule has 300 valence electrons. The third kappa shape index (κ3) is 5.70. The van der Waals surface area contributed by atoms with E-state index in [4.69, 9.17) is 4.42 Å². The third-order valence-corrected chi connectivity index (χ3v) is 12.9. The van der Waals surface area contributed by atoms with Crippen molar-refractivity contribution in [1.29, 1.82) is 0 Å². The van der Waals surface area contributed by atoms with Gasteiger partial charge in [0.25, 0.3) is 0 Å². The number of aromatic nitrogens is 2. The van der Waals surface area contributed by atoms with Crippen LogP contribution in [0.2, 0.25) is 0 Å². The Bertz CT molecular complexity index is 3840. The fourth-order valence-electron chi connectivity index (χ4n) is 9.99. The minimum absolute atomic E-state index is 0.901. The zero-order valence-corrected chi connectivity index (χ0v) is 34.8. The van der Waals surface area contributed by atoms with Crippen LogP contribution in [0, 0.1) is 0 Å². The quantitative estimate of drug-likeness (QED) is 0.160. The molecule has 0 saturated carbocycles. The van der Waals surface area contributed by atoms with Gasteiger partial charge in [-0.05, 0) is 108 Å².